The number of likely N-dealkylation sites (tertiary alicyclic amines) is 1. The number of rotatable bonds is 5. The number of H-pyrrole nitrogens is 1. The molecule has 3 heterocycles. The normalized spacial score (nSPS) is 20.6. The van der Waals surface area contributed by atoms with Gasteiger partial charge in [0.05, 0.1) is 18.9 Å². The van der Waals surface area contributed by atoms with Crippen LogP contribution < -0.4 is 15.4 Å². The second-order valence-corrected chi connectivity index (χ2v) is 8.23. The summed E-state index contributed by atoms with van der Waals surface area (Å²) in [6, 6.07) is 10.4. The minimum atomic E-state index is -0.0621. The first-order chi connectivity index (χ1) is 14.1. The summed E-state index contributed by atoms with van der Waals surface area (Å²) in [4.78, 5) is 26.7. The van der Waals surface area contributed by atoms with Crippen LogP contribution >= 0.6 is 0 Å². The number of ether oxygens (including phenoxy) is 1. The largest absolute Gasteiger partial charge is 0.378 e. The molecule has 0 spiro atoms. The number of hydrogen-bond donors (Lipinski definition) is 1. The molecule has 1 aromatic heterocycles. The van der Waals surface area contributed by atoms with E-state index in [0.717, 1.165) is 51.3 Å². The van der Waals surface area contributed by atoms with Gasteiger partial charge in [-0.25, -0.2) is 4.98 Å². The molecule has 2 aromatic rings. The van der Waals surface area contributed by atoms with Gasteiger partial charge in [0.15, 0.2) is 0 Å². The minimum absolute atomic E-state index is 0.0621. The molecule has 4 rings (SSSR count). The van der Waals surface area contributed by atoms with E-state index in [-0.39, 0.29) is 5.56 Å². The molecule has 2 aliphatic rings. The Bertz CT molecular complexity index is 858. The number of piperidine rings is 1. The van der Waals surface area contributed by atoms with Gasteiger partial charge in [-0.2, -0.15) is 0 Å². The van der Waals surface area contributed by atoms with Crippen LogP contribution in [0.1, 0.15) is 30.0 Å². The molecule has 2 saturated heterocycles. The van der Waals surface area contributed by atoms with Crippen molar-refractivity contribution in [2.24, 2.45) is 0 Å². The zero-order chi connectivity index (χ0) is 20.2. The van der Waals surface area contributed by atoms with Gasteiger partial charge in [-0.3, -0.25) is 14.7 Å². The summed E-state index contributed by atoms with van der Waals surface area (Å²) in [6.07, 6.45) is 2.21. The van der Waals surface area contributed by atoms with E-state index in [1.165, 1.54) is 11.3 Å². The molecule has 0 radical (unpaired) electrons. The maximum atomic E-state index is 12.3. The Morgan fingerprint density at radius 3 is 2.66 bits per heavy atom. The zero-order valence-corrected chi connectivity index (χ0v) is 17.4. The third kappa shape index (κ3) is 4.97. The van der Waals surface area contributed by atoms with E-state index in [2.05, 4.69) is 58.0 Å². The maximum Gasteiger partial charge on any atom is 0.252 e. The zero-order valence-electron chi connectivity index (χ0n) is 17.4. The molecular weight excluding hydrogens is 366 g/mol. The van der Waals surface area contributed by atoms with Crippen LogP contribution in [0.15, 0.2) is 35.1 Å². The number of benzene rings is 1. The fourth-order valence-corrected chi connectivity index (χ4v) is 4.20. The van der Waals surface area contributed by atoms with Gasteiger partial charge >= 0.3 is 0 Å². The van der Waals surface area contributed by atoms with Crippen LogP contribution in [0.2, 0.25) is 0 Å². The Morgan fingerprint density at radius 1 is 1.17 bits per heavy atom. The summed E-state index contributed by atoms with van der Waals surface area (Å²) in [5.41, 5.74) is 3.40. The first-order valence-electron chi connectivity index (χ1n) is 10.5. The third-order valence-electron chi connectivity index (χ3n) is 5.84. The number of nitrogens with zero attached hydrogens (tertiary/aromatic N) is 4. The molecule has 7 nitrogen and oxygen atoms in total. The summed E-state index contributed by atoms with van der Waals surface area (Å²) in [7, 11) is 4.12. The van der Waals surface area contributed by atoms with E-state index >= 15 is 0 Å². The van der Waals surface area contributed by atoms with E-state index in [4.69, 9.17) is 9.72 Å². The van der Waals surface area contributed by atoms with Gasteiger partial charge in [0.25, 0.3) is 5.56 Å². The monoisotopic (exact) mass is 397 g/mol. The van der Waals surface area contributed by atoms with E-state index < -0.39 is 0 Å². The summed E-state index contributed by atoms with van der Waals surface area (Å²) in [5, 5.41) is 0. The van der Waals surface area contributed by atoms with E-state index in [0.29, 0.717) is 25.1 Å². The average molecular weight is 398 g/mol. The molecule has 1 atom stereocenters. The Labute approximate surface area is 172 Å². The number of aromatic amines is 1. The Hall–Kier alpha value is -2.38. The molecule has 0 amide bonds. The second-order valence-electron chi connectivity index (χ2n) is 8.23. The molecule has 156 valence electrons. The summed E-state index contributed by atoms with van der Waals surface area (Å²) in [6.45, 7) is 5.86. The van der Waals surface area contributed by atoms with Gasteiger partial charge in [0, 0.05) is 57.9 Å². The lowest BCUT2D eigenvalue weighted by atomic mass is 9.94. The number of morpholine rings is 1. The van der Waals surface area contributed by atoms with Crippen molar-refractivity contribution in [3.63, 3.8) is 0 Å². The predicted octanol–water partition coefficient (Wildman–Crippen LogP) is 2.05. The van der Waals surface area contributed by atoms with Crippen molar-refractivity contribution in [3.05, 3.63) is 51.9 Å². The molecule has 7 heteroatoms. The molecule has 0 saturated carbocycles. The van der Waals surface area contributed by atoms with Gasteiger partial charge in [-0.05, 0) is 37.1 Å². The number of aromatic nitrogens is 2. The molecule has 0 bridgehead atoms. The highest BCUT2D eigenvalue weighted by Gasteiger charge is 2.24. The number of anilines is 2. The molecule has 2 fully saturated rings. The Balaban J connectivity index is 1.45. The van der Waals surface area contributed by atoms with Crippen LogP contribution in [0.25, 0.3) is 0 Å². The van der Waals surface area contributed by atoms with Crippen LogP contribution in [0.5, 0.6) is 0 Å². The van der Waals surface area contributed by atoms with Gasteiger partial charge < -0.3 is 14.5 Å². The van der Waals surface area contributed by atoms with E-state index in [1.807, 2.05) is 0 Å². The summed E-state index contributed by atoms with van der Waals surface area (Å²) >= 11 is 0. The first kappa shape index (κ1) is 19.9. The van der Waals surface area contributed by atoms with Gasteiger partial charge in [0.2, 0.25) is 5.95 Å². The summed E-state index contributed by atoms with van der Waals surface area (Å²) < 4.78 is 5.42. The topological polar surface area (TPSA) is 64.7 Å². The highest BCUT2D eigenvalue weighted by molar-refractivity contribution is 5.46. The third-order valence-corrected chi connectivity index (χ3v) is 5.84. The van der Waals surface area contributed by atoms with Crippen LogP contribution in [0.3, 0.4) is 0 Å². The molecule has 29 heavy (non-hydrogen) atoms. The Morgan fingerprint density at radius 2 is 1.93 bits per heavy atom. The molecular formula is C22H31N5O2. The summed E-state index contributed by atoms with van der Waals surface area (Å²) in [5.74, 6) is 0.985. The molecule has 0 aliphatic carbocycles. The van der Waals surface area contributed by atoms with E-state index in [9.17, 15) is 4.79 Å². The fourth-order valence-electron chi connectivity index (χ4n) is 4.20. The van der Waals surface area contributed by atoms with Crippen molar-refractivity contribution in [1.29, 1.82) is 0 Å². The molecule has 1 N–H and O–H groups in total. The standard InChI is InChI=1S/C22H31N5O2/c1-25(2)19-7-5-17(6-8-19)15-26-9-3-4-18(16-26)20-14-21(28)24-22(23-20)27-10-12-29-13-11-27/h5-8,14,18H,3-4,9-13,15-16H2,1-2H3,(H,23,24,28)/t18-/m0/s1. The maximum absolute atomic E-state index is 12.3. The quantitative estimate of drug-likeness (QED) is 0.833. The van der Waals surface area contributed by atoms with Crippen LogP contribution in [-0.4, -0.2) is 68.4 Å². The van der Waals surface area contributed by atoms with Crippen LogP contribution in [-0.2, 0) is 11.3 Å². The lowest BCUT2D eigenvalue weighted by Crippen LogP contribution is -2.39. The lowest BCUT2D eigenvalue weighted by Gasteiger charge is -2.33. The molecule has 2 aliphatic heterocycles. The minimum Gasteiger partial charge on any atom is -0.378 e. The fraction of sp³-hybridized carbons (Fsp3) is 0.545. The smallest absolute Gasteiger partial charge is 0.252 e. The van der Waals surface area contributed by atoms with Crippen molar-refractivity contribution in [2.45, 2.75) is 25.3 Å². The van der Waals surface area contributed by atoms with Gasteiger partial charge in [0.1, 0.15) is 0 Å². The predicted molar refractivity (Wildman–Crippen MR) is 116 cm³/mol. The average Bonchev–Trinajstić information content (AvgIpc) is 2.74. The molecule has 1 aromatic carbocycles. The van der Waals surface area contributed by atoms with Crippen molar-refractivity contribution in [1.82, 2.24) is 14.9 Å². The van der Waals surface area contributed by atoms with Gasteiger partial charge in [-0.15, -0.1) is 0 Å². The Kier molecular flexibility index (Phi) is 6.16. The van der Waals surface area contributed by atoms with Crippen molar-refractivity contribution < 1.29 is 4.74 Å². The van der Waals surface area contributed by atoms with Crippen molar-refractivity contribution in [2.75, 3.05) is 63.3 Å². The van der Waals surface area contributed by atoms with Crippen molar-refractivity contribution >= 4 is 11.6 Å². The van der Waals surface area contributed by atoms with Crippen molar-refractivity contribution in [3.8, 4) is 0 Å². The number of hydrogen-bond acceptors (Lipinski definition) is 6. The van der Waals surface area contributed by atoms with Crippen LogP contribution in [0.4, 0.5) is 11.6 Å². The lowest BCUT2D eigenvalue weighted by molar-refractivity contribution is 0.122. The first-order valence-corrected chi connectivity index (χ1v) is 10.5. The highest BCUT2D eigenvalue weighted by atomic mass is 16.5. The van der Waals surface area contributed by atoms with E-state index in [1.54, 1.807) is 6.07 Å². The van der Waals surface area contributed by atoms with Crippen LogP contribution in [0, 0.1) is 0 Å². The number of nitrogens with one attached hydrogen (secondary N) is 1. The van der Waals surface area contributed by atoms with Gasteiger partial charge in [-0.1, -0.05) is 12.1 Å². The molecule has 0 unspecified atom stereocenters. The highest BCUT2D eigenvalue weighted by Crippen LogP contribution is 2.27. The second kappa shape index (κ2) is 8.97. The SMILES string of the molecule is CN(C)c1ccc(CN2CCC[C@H](c3cc(=O)[nH]c(N4CCOCC4)n3)C2)cc1.